The standard InChI is InChI=1S/C24H24N2O5/c1-16(25)21(27)26(20-13-12-18-10-6-7-11-19(18)14-20)24(2,22(28)29)23(30)31-15-17-8-4-3-5-9-17/h3-14,16H,15,25H2,1-2H3,(H,28,29)/t16-,24-/m1/s1. The second-order valence-corrected chi connectivity index (χ2v) is 7.43. The molecule has 3 aromatic carbocycles. The molecule has 7 nitrogen and oxygen atoms in total. The molecule has 7 heteroatoms. The first-order valence-electron chi connectivity index (χ1n) is 9.78. The fourth-order valence-corrected chi connectivity index (χ4v) is 3.26. The number of esters is 1. The van der Waals surface area contributed by atoms with Crippen LogP contribution in [0.3, 0.4) is 0 Å². The van der Waals surface area contributed by atoms with Crippen molar-refractivity contribution in [2.45, 2.75) is 32.0 Å². The predicted molar refractivity (Wildman–Crippen MR) is 117 cm³/mol. The molecule has 0 radical (unpaired) electrons. The number of nitrogens with zero attached hydrogens (tertiary/aromatic N) is 1. The van der Waals surface area contributed by atoms with Crippen LogP contribution < -0.4 is 10.6 Å². The number of carbonyl (C=O) groups excluding carboxylic acids is 2. The lowest BCUT2D eigenvalue weighted by molar-refractivity contribution is -0.162. The van der Waals surface area contributed by atoms with Crippen molar-refractivity contribution in [3.8, 4) is 0 Å². The van der Waals surface area contributed by atoms with Crippen LogP contribution in [-0.2, 0) is 25.7 Å². The van der Waals surface area contributed by atoms with Gasteiger partial charge in [-0.1, -0.05) is 60.7 Å². The van der Waals surface area contributed by atoms with Crippen molar-refractivity contribution in [3.63, 3.8) is 0 Å². The van der Waals surface area contributed by atoms with Crippen molar-refractivity contribution in [2.75, 3.05) is 4.90 Å². The highest BCUT2D eigenvalue weighted by Crippen LogP contribution is 2.30. The average molecular weight is 420 g/mol. The minimum Gasteiger partial charge on any atom is -0.479 e. The van der Waals surface area contributed by atoms with Crippen molar-refractivity contribution in [1.82, 2.24) is 0 Å². The summed E-state index contributed by atoms with van der Waals surface area (Å²) in [6.45, 7) is 2.46. The third-order valence-electron chi connectivity index (χ3n) is 5.08. The van der Waals surface area contributed by atoms with Crippen LogP contribution in [0, 0.1) is 0 Å². The number of ether oxygens (including phenoxy) is 1. The lowest BCUT2D eigenvalue weighted by Crippen LogP contribution is -2.63. The van der Waals surface area contributed by atoms with E-state index in [1.165, 1.54) is 6.92 Å². The summed E-state index contributed by atoms with van der Waals surface area (Å²) >= 11 is 0. The summed E-state index contributed by atoms with van der Waals surface area (Å²) in [5, 5.41) is 11.7. The molecule has 3 rings (SSSR count). The number of benzene rings is 3. The van der Waals surface area contributed by atoms with Gasteiger partial charge < -0.3 is 15.6 Å². The molecule has 0 aromatic heterocycles. The quantitative estimate of drug-likeness (QED) is 0.449. The predicted octanol–water partition coefficient (Wildman–Crippen LogP) is 3.11. The lowest BCUT2D eigenvalue weighted by atomic mass is 9.96. The fraction of sp³-hybridized carbons (Fsp3) is 0.208. The maximum Gasteiger partial charge on any atom is 0.344 e. The van der Waals surface area contributed by atoms with Crippen LogP contribution in [0.15, 0.2) is 72.8 Å². The van der Waals surface area contributed by atoms with Crippen LogP contribution in [0.1, 0.15) is 19.4 Å². The first kappa shape index (κ1) is 22.0. The molecule has 2 atom stereocenters. The largest absolute Gasteiger partial charge is 0.479 e. The molecule has 0 saturated heterocycles. The number of hydrogen-bond acceptors (Lipinski definition) is 5. The Morgan fingerprint density at radius 2 is 1.61 bits per heavy atom. The van der Waals surface area contributed by atoms with E-state index in [1.807, 2.05) is 30.3 Å². The minimum atomic E-state index is -2.32. The van der Waals surface area contributed by atoms with Gasteiger partial charge in [0.15, 0.2) is 0 Å². The Bertz CT molecular complexity index is 1110. The molecule has 31 heavy (non-hydrogen) atoms. The molecule has 160 valence electrons. The Balaban J connectivity index is 2.05. The molecule has 0 bridgehead atoms. The van der Waals surface area contributed by atoms with Gasteiger partial charge >= 0.3 is 11.9 Å². The molecule has 0 fully saturated rings. The van der Waals surface area contributed by atoms with Crippen molar-refractivity contribution < 1.29 is 24.2 Å². The van der Waals surface area contributed by atoms with Gasteiger partial charge in [-0.3, -0.25) is 9.69 Å². The molecule has 3 N–H and O–H groups in total. The van der Waals surface area contributed by atoms with Crippen molar-refractivity contribution in [3.05, 3.63) is 78.4 Å². The Labute approximate surface area is 180 Å². The summed E-state index contributed by atoms with van der Waals surface area (Å²) < 4.78 is 5.32. The van der Waals surface area contributed by atoms with Crippen LogP contribution in [0.25, 0.3) is 10.8 Å². The number of hydrogen-bond donors (Lipinski definition) is 2. The molecule has 3 aromatic rings. The van der Waals surface area contributed by atoms with Gasteiger partial charge in [-0.2, -0.15) is 0 Å². The molecule has 1 amide bonds. The number of anilines is 1. The van der Waals surface area contributed by atoms with Crippen LogP contribution in [0.2, 0.25) is 0 Å². The van der Waals surface area contributed by atoms with Gasteiger partial charge in [0, 0.05) is 5.69 Å². The molecule has 0 aliphatic carbocycles. The number of carboxylic acids is 1. The van der Waals surface area contributed by atoms with Crippen LogP contribution in [0.5, 0.6) is 0 Å². The van der Waals surface area contributed by atoms with E-state index in [0.717, 1.165) is 22.6 Å². The Morgan fingerprint density at radius 3 is 2.23 bits per heavy atom. The smallest absolute Gasteiger partial charge is 0.344 e. The molecule has 0 aliphatic rings. The first-order chi connectivity index (χ1) is 14.7. The van der Waals surface area contributed by atoms with Crippen LogP contribution >= 0.6 is 0 Å². The zero-order valence-electron chi connectivity index (χ0n) is 17.3. The Kier molecular flexibility index (Phi) is 6.36. The second kappa shape index (κ2) is 8.97. The normalized spacial score (nSPS) is 13.8. The molecule has 0 aliphatic heterocycles. The van der Waals surface area contributed by atoms with Crippen molar-refractivity contribution in [2.24, 2.45) is 5.73 Å². The number of nitrogens with two attached hydrogens (primary N) is 1. The number of amides is 1. The zero-order valence-corrected chi connectivity index (χ0v) is 17.3. The maximum absolute atomic E-state index is 13.0. The SMILES string of the molecule is C[C@@H](N)C(=O)N(c1ccc2ccccc2c1)[C@](C)(C(=O)O)C(=O)OCc1ccccc1. The fourth-order valence-electron chi connectivity index (χ4n) is 3.26. The van der Waals surface area contributed by atoms with Gasteiger partial charge in [-0.05, 0) is 42.3 Å². The summed E-state index contributed by atoms with van der Waals surface area (Å²) in [6.07, 6.45) is 0. The highest BCUT2D eigenvalue weighted by molar-refractivity contribution is 6.15. The Morgan fingerprint density at radius 1 is 1.00 bits per heavy atom. The molecular formula is C24H24N2O5. The molecule has 0 spiro atoms. The van der Waals surface area contributed by atoms with Gasteiger partial charge in [0.1, 0.15) is 6.61 Å². The summed E-state index contributed by atoms with van der Waals surface area (Å²) in [7, 11) is 0. The molecular weight excluding hydrogens is 396 g/mol. The van der Waals surface area contributed by atoms with E-state index in [9.17, 15) is 19.5 Å². The monoisotopic (exact) mass is 420 g/mol. The number of carbonyl (C=O) groups is 3. The highest BCUT2D eigenvalue weighted by atomic mass is 16.5. The van der Waals surface area contributed by atoms with Gasteiger partial charge in [-0.25, -0.2) is 9.59 Å². The molecule has 0 unspecified atom stereocenters. The number of aliphatic carboxylic acids is 1. The van der Waals surface area contributed by atoms with Gasteiger partial charge in [0.25, 0.3) is 0 Å². The molecule has 0 heterocycles. The second-order valence-electron chi connectivity index (χ2n) is 7.43. The van der Waals surface area contributed by atoms with E-state index < -0.39 is 29.4 Å². The summed E-state index contributed by atoms with van der Waals surface area (Å²) in [5.74, 6) is -3.30. The number of rotatable bonds is 7. The van der Waals surface area contributed by atoms with Crippen LogP contribution in [-0.4, -0.2) is 34.5 Å². The van der Waals surface area contributed by atoms with Crippen molar-refractivity contribution in [1.29, 1.82) is 0 Å². The third-order valence-corrected chi connectivity index (χ3v) is 5.08. The third kappa shape index (κ3) is 4.41. The summed E-state index contributed by atoms with van der Waals surface area (Å²) in [4.78, 5) is 39.3. The zero-order chi connectivity index (χ0) is 22.6. The Hall–Kier alpha value is -3.71. The van der Waals surface area contributed by atoms with Gasteiger partial charge in [-0.15, -0.1) is 0 Å². The van der Waals surface area contributed by atoms with E-state index >= 15 is 0 Å². The van der Waals surface area contributed by atoms with E-state index in [-0.39, 0.29) is 12.3 Å². The van der Waals surface area contributed by atoms with E-state index in [4.69, 9.17) is 10.5 Å². The van der Waals surface area contributed by atoms with E-state index in [2.05, 4.69) is 0 Å². The van der Waals surface area contributed by atoms with Crippen LogP contribution in [0.4, 0.5) is 5.69 Å². The summed E-state index contributed by atoms with van der Waals surface area (Å²) in [6, 6.07) is 20.3. The summed E-state index contributed by atoms with van der Waals surface area (Å²) in [5.41, 5.74) is 4.43. The van der Waals surface area contributed by atoms with Gasteiger partial charge in [0.05, 0.1) is 6.04 Å². The topological polar surface area (TPSA) is 110 Å². The number of fused-ring (bicyclic) bond motifs is 1. The van der Waals surface area contributed by atoms with Gasteiger partial charge in [0.2, 0.25) is 11.4 Å². The average Bonchev–Trinajstić information content (AvgIpc) is 2.77. The first-order valence-corrected chi connectivity index (χ1v) is 9.78. The minimum absolute atomic E-state index is 0.125. The lowest BCUT2D eigenvalue weighted by Gasteiger charge is -2.37. The van der Waals surface area contributed by atoms with E-state index in [1.54, 1.807) is 42.5 Å². The maximum atomic E-state index is 13.0. The number of carboxylic acid groups (broad SMARTS) is 1. The highest BCUT2D eigenvalue weighted by Gasteiger charge is 2.52. The molecule has 0 saturated carbocycles. The van der Waals surface area contributed by atoms with E-state index in [0.29, 0.717) is 5.56 Å². The van der Waals surface area contributed by atoms with Crippen molar-refractivity contribution >= 4 is 34.3 Å².